The normalized spacial score (nSPS) is 26.1. The fraction of sp³-hybridized carbons (Fsp3) is 0.769. The molecule has 0 radical (unpaired) electrons. The predicted molar refractivity (Wildman–Crippen MR) is 64.4 cm³/mol. The second-order valence-corrected chi connectivity index (χ2v) is 5.17. The van der Waals surface area contributed by atoms with Gasteiger partial charge in [-0.05, 0) is 25.2 Å². The molecule has 2 aliphatic heterocycles. The molecule has 0 aromatic rings. The summed E-state index contributed by atoms with van der Waals surface area (Å²) in [7, 11) is 0. The van der Waals surface area contributed by atoms with E-state index in [1.54, 1.807) is 0 Å². The highest BCUT2D eigenvalue weighted by molar-refractivity contribution is 5.93. The standard InChI is InChI=1S/C13H20N2O2/c16-13-12(14-6-8-17-9-7-14)2-1-5-15(13)10-11-3-4-11/h2,11H,1,3-10H2. The van der Waals surface area contributed by atoms with Crippen molar-refractivity contribution in [1.82, 2.24) is 9.80 Å². The van der Waals surface area contributed by atoms with Crippen molar-refractivity contribution in [2.45, 2.75) is 19.3 Å². The minimum atomic E-state index is 0.241. The van der Waals surface area contributed by atoms with Gasteiger partial charge in [0.2, 0.25) is 0 Å². The largest absolute Gasteiger partial charge is 0.378 e. The third-order valence-electron chi connectivity index (χ3n) is 3.77. The molecule has 0 aromatic carbocycles. The average Bonchev–Trinajstić information content (AvgIpc) is 3.17. The fourth-order valence-corrected chi connectivity index (χ4v) is 2.56. The van der Waals surface area contributed by atoms with Crippen LogP contribution in [0.4, 0.5) is 0 Å². The van der Waals surface area contributed by atoms with Crippen molar-refractivity contribution < 1.29 is 9.53 Å². The molecule has 4 nitrogen and oxygen atoms in total. The number of rotatable bonds is 3. The van der Waals surface area contributed by atoms with Gasteiger partial charge in [-0.3, -0.25) is 4.79 Å². The van der Waals surface area contributed by atoms with Crippen LogP contribution < -0.4 is 0 Å². The van der Waals surface area contributed by atoms with E-state index < -0.39 is 0 Å². The Balaban J connectivity index is 1.66. The van der Waals surface area contributed by atoms with E-state index in [0.29, 0.717) is 0 Å². The Kier molecular flexibility index (Phi) is 3.05. The number of hydrogen-bond acceptors (Lipinski definition) is 3. The van der Waals surface area contributed by atoms with Gasteiger partial charge in [-0.15, -0.1) is 0 Å². The Labute approximate surface area is 102 Å². The van der Waals surface area contributed by atoms with Crippen LogP contribution in [0, 0.1) is 5.92 Å². The first-order chi connectivity index (χ1) is 8.34. The second kappa shape index (κ2) is 4.69. The molecule has 1 amide bonds. The van der Waals surface area contributed by atoms with Crippen molar-refractivity contribution >= 4 is 5.91 Å². The number of carbonyl (C=O) groups is 1. The first kappa shape index (κ1) is 11.1. The van der Waals surface area contributed by atoms with Crippen LogP contribution in [0.15, 0.2) is 11.8 Å². The molecule has 1 saturated heterocycles. The van der Waals surface area contributed by atoms with Gasteiger partial charge in [-0.25, -0.2) is 0 Å². The Morgan fingerprint density at radius 3 is 2.71 bits per heavy atom. The Bertz CT molecular complexity index is 330. The average molecular weight is 236 g/mol. The lowest BCUT2D eigenvalue weighted by atomic mass is 10.1. The molecular weight excluding hydrogens is 216 g/mol. The minimum Gasteiger partial charge on any atom is -0.378 e. The lowest BCUT2D eigenvalue weighted by Crippen LogP contribution is -2.45. The fourth-order valence-electron chi connectivity index (χ4n) is 2.56. The molecule has 0 aromatic heterocycles. The van der Waals surface area contributed by atoms with E-state index >= 15 is 0 Å². The summed E-state index contributed by atoms with van der Waals surface area (Å²) in [6, 6.07) is 0. The maximum atomic E-state index is 12.4. The van der Waals surface area contributed by atoms with Gasteiger partial charge in [-0.1, -0.05) is 6.08 Å². The van der Waals surface area contributed by atoms with Crippen LogP contribution in [0.5, 0.6) is 0 Å². The van der Waals surface area contributed by atoms with E-state index in [2.05, 4.69) is 11.0 Å². The molecule has 94 valence electrons. The lowest BCUT2D eigenvalue weighted by Gasteiger charge is -2.35. The highest BCUT2D eigenvalue weighted by Crippen LogP contribution is 2.31. The second-order valence-electron chi connectivity index (χ2n) is 5.17. The summed E-state index contributed by atoms with van der Waals surface area (Å²) in [4.78, 5) is 16.6. The molecule has 1 aliphatic carbocycles. The number of ether oxygens (including phenoxy) is 1. The molecule has 3 aliphatic rings. The molecule has 4 heteroatoms. The quantitative estimate of drug-likeness (QED) is 0.728. The number of carbonyl (C=O) groups excluding carboxylic acids is 1. The topological polar surface area (TPSA) is 32.8 Å². The number of morpholine rings is 1. The van der Waals surface area contributed by atoms with Gasteiger partial charge in [0.15, 0.2) is 0 Å². The molecule has 0 N–H and O–H groups in total. The zero-order valence-electron chi connectivity index (χ0n) is 10.2. The first-order valence-electron chi connectivity index (χ1n) is 6.67. The van der Waals surface area contributed by atoms with Gasteiger partial charge in [0.05, 0.1) is 18.9 Å². The Morgan fingerprint density at radius 2 is 2.00 bits per heavy atom. The van der Waals surface area contributed by atoms with Gasteiger partial charge < -0.3 is 14.5 Å². The van der Waals surface area contributed by atoms with Crippen LogP contribution in [0.3, 0.4) is 0 Å². The van der Waals surface area contributed by atoms with E-state index in [1.165, 1.54) is 12.8 Å². The molecule has 0 unspecified atom stereocenters. The molecule has 1 saturated carbocycles. The highest BCUT2D eigenvalue weighted by Gasteiger charge is 2.31. The summed E-state index contributed by atoms with van der Waals surface area (Å²) in [6.07, 6.45) is 5.73. The highest BCUT2D eigenvalue weighted by atomic mass is 16.5. The van der Waals surface area contributed by atoms with E-state index in [0.717, 1.165) is 57.4 Å². The number of amides is 1. The van der Waals surface area contributed by atoms with Crippen molar-refractivity contribution in [2.24, 2.45) is 5.92 Å². The van der Waals surface area contributed by atoms with Gasteiger partial charge in [-0.2, -0.15) is 0 Å². The zero-order chi connectivity index (χ0) is 11.7. The summed E-state index contributed by atoms with van der Waals surface area (Å²) in [6.45, 7) is 5.08. The van der Waals surface area contributed by atoms with Crippen molar-refractivity contribution in [2.75, 3.05) is 39.4 Å². The molecule has 2 fully saturated rings. The summed E-state index contributed by atoms with van der Waals surface area (Å²) in [5, 5.41) is 0. The van der Waals surface area contributed by atoms with Crippen molar-refractivity contribution in [3.63, 3.8) is 0 Å². The van der Waals surface area contributed by atoms with Crippen LogP contribution in [-0.4, -0.2) is 55.1 Å². The van der Waals surface area contributed by atoms with Crippen LogP contribution in [0.25, 0.3) is 0 Å². The van der Waals surface area contributed by atoms with E-state index in [9.17, 15) is 4.79 Å². The van der Waals surface area contributed by atoms with Gasteiger partial charge in [0.1, 0.15) is 0 Å². The Morgan fingerprint density at radius 1 is 1.24 bits per heavy atom. The predicted octanol–water partition coefficient (Wildman–Crippen LogP) is 0.845. The zero-order valence-corrected chi connectivity index (χ0v) is 10.2. The van der Waals surface area contributed by atoms with E-state index in [4.69, 9.17) is 4.74 Å². The maximum absolute atomic E-state index is 12.4. The summed E-state index contributed by atoms with van der Waals surface area (Å²) in [5.74, 6) is 1.02. The molecule has 0 bridgehead atoms. The molecule has 0 atom stereocenters. The van der Waals surface area contributed by atoms with E-state index in [-0.39, 0.29) is 5.91 Å². The smallest absolute Gasteiger partial charge is 0.269 e. The molecule has 17 heavy (non-hydrogen) atoms. The Hall–Kier alpha value is -1.03. The first-order valence-corrected chi connectivity index (χ1v) is 6.67. The molecular formula is C13H20N2O2. The molecule has 3 rings (SSSR count). The van der Waals surface area contributed by atoms with Gasteiger partial charge in [0.25, 0.3) is 5.91 Å². The van der Waals surface area contributed by atoms with Gasteiger partial charge >= 0.3 is 0 Å². The third-order valence-corrected chi connectivity index (χ3v) is 3.77. The summed E-state index contributed by atoms with van der Waals surface area (Å²) >= 11 is 0. The van der Waals surface area contributed by atoms with E-state index in [1.807, 2.05) is 4.90 Å². The van der Waals surface area contributed by atoms with Crippen molar-refractivity contribution in [1.29, 1.82) is 0 Å². The van der Waals surface area contributed by atoms with Crippen molar-refractivity contribution in [3.05, 3.63) is 11.8 Å². The maximum Gasteiger partial charge on any atom is 0.269 e. The van der Waals surface area contributed by atoms with Crippen LogP contribution in [0.2, 0.25) is 0 Å². The number of nitrogens with zero attached hydrogens (tertiary/aromatic N) is 2. The van der Waals surface area contributed by atoms with Crippen molar-refractivity contribution in [3.8, 4) is 0 Å². The monoisotopic (exact) mass is 236 g/mol. The minimum absolute atomic E-state index is 0.241. The molecule has 2 heterocycles. The summed E-state index contributed by atoms with van der Waals surface area (Å²) < 4.78 is 5.33. The van der Waals surface area contributed by atoms with Crippen LogP contribution in [0.1, 0.15) is 19.3 Å². The SMILES string of the molecule is O=C1C(N2CCOCC2)=CCCN1CC1CC1. The van der Waals surface area contributed by atoms with Crippen LogP contribution in [-0.2, 0) is 9.53 Å². The third kappa shape index (κ3) is 2.46. The van der Waals surface area contributed by atoms with Gasteiger partial charge in [0, 0.05) is 26.2 Å². The van der Waals surface area contributed by atoms with Crippen LogP contribution >= 0.6 is 0 Å². The molecule has 0 spiro atoms. The lowest BCUT2D eigenvalue weighted by molar-refractivity contribution is -0.130. The summed E-state index contributed by atoms with van der Waals surface area (Å²) in [5.41, 5.74) is 0.917. The number of hydrogen-bond donors (Lipinski definition) is 0.